The van der Waals surface area contributed by atoms with Gasteiger partial charge in [-0.1, -0.05) is 17.7 Å². The Morgan fingerprint density at radius 2 is 1.93 bits per heavy atom. The maximum atomic E-state index is 12.8. The summed E-state index contributed by atoms with van der Waals surface area (Å²) in [5.41, 5.74) is 1.09. The fraction of sp³-hybridized carbons (Fsp3) is 0.348. The molecule has 4 atom stereocenters. The normalized spacial score (nSPS) is 29.9. The Labute approximate surface area is 184 Å². The number of likely N-dealkylation sites (N-methyl/N-ethyl adjacent to an activating group) is 1. The smallest absolute Gasteiger partial charge is 0.197 e. The number of phenolic OH excluding ortho intramolecular Hbond substituents is 2. The number of halogens is 1. The Balaban J connectivity index is 1.72. The molecule has 3 aliphatic rings. The van der Waals surface area contributed by atoms with E-state index < -0.39 is 5.41 Å². The molecule has 30 heavy (non-hydrogen) atoms. The van der Waals surface area contributed by atoms with Crippen molar-refractivity contribution in [1.29, 1.82) is 0 Å². The lowest BCUT2D eigenvalue weighted by atomic mass is 9.59. The zero-order chi connectivity index (χ0) is 21.2. The molecule has 1 fully saturated rings. The van der Waals surface area contributed by atoms with E-state index in [0.717, 1.165) is 10.5 Å². The van der Waals surface area contributed by atoms with E-state index in [1.807, 2.05) is 36.4 Å². The molecular weight excluding hydrogens is 422 g/mol. The number of methoxy groups -OCH3 is 1. The van der Waals surface area contributed by atoms with Gasteiger partial charge >= 0.3 is 0 Å². The van der Waals surface area contributed by atoms with Gasteiger partial charge in [0.1, 0.15) is 0 Å². The van der Waals surface area contributed by atoms with E-state index in [4.69, 9.17) is 16.3 Å². The average Bonchev–Trinajstić information content (AvgIpc) is 2.94. The third-order valence-electron chi connectivity index (χ3n) is 6.73. The van der Waals surface area contributed by atoms with Crippen molar-refractivity contribution in [2.75, 3.05) is 20.7 Å². The predicted molar refractivity (Wildman–Crippen MR) is 116 cm³/mol. The number of thioether (sulfide) groups is 1. The van der Waals surface area contributed by atoms with Crippen molar-refractivity contribution < 1.29 is 19.7 Å². The second-order valence-corrected chi connectivity index (χ2v) is 9.96. The summed E-state index contributed by atoms with van der Waals surface area (Å²) in [5.74, 6) is 0.0313. The number of rotatable bonds is 3. The van der Waals surface area contributed by atoms with Crippen molar-refractivity contribution in [3.8, 4) is 11.5 Å². The second kappa shape index (κ2) is 6.94. The number of hydrogen-bond acceptors (Lipinski definition) is 6. The van der Waals surface area contributed by atoms with E-state index in [2.05, 4.69) is 11.9 Å². The highest BCUT2D eigenvalue weighted by molar-refractivity contribution is 7.99. The van der Waals surface area contributed by atoms with Crippen LogP contribution in [-0.2, 0) is 14.9 Å². The Morgan fingerprint density at radius 1 is 1.20 bits per heavy atom. The number of likely N-dealkylation sites (tertiary alicyclic amines) is 1. The molecule has 0 saturated carbocycles. The summed E-state index contributed by atoms with van der Waals surface area (Å²) < 4.78 is 5.38. The molecule has 1 unspecified atom stereocenters. The molecule has 5 nitrogen and oxygen atoms in total. The molecule has 0 aromatic heterocycles. The van der Waals surface area contributed by atoms with Crippen LogP contribution in [-0.4, -0.2) is 47.6 Å². The highest BCUT2D eigenvalue weighted by atomic mass is 35.5. The number of fused-ring (bicyclic) bond motifs is 1. The number of aromatic hydroxyl groups is 2. The fourth-order valence-electron chi connectivity index (χ4n) is 5.59. The van der Waals surface area contributed by atoms with Crippen molar-refractivity contribution in [2.24, 2.45) is 5.92 Å². The van der Waals surface area contributed by atoms with E-state index in [9.17, 15) is 15.0 Å². The molecule has 2 N–H and O–H groups in total. The Kier molecular flexibility index (Phi) is 4.58. The molecular formula is C23H22ClNO4S. The number of ether oxygens (including phenoxy) is 1. The van der Waals surface area contributed by atoms with Crippen LogP contribution in [0.25, 0.3) is 0 Å². The molecule has 5 rings (SSSR count). The van der Waals surface area contributed by atoms with Crippen LogP contribution in [0.1, 0.15) is 22.8 Å². The zero-order valence-electron chi connectivity index (χ0n) is 16.6. The van der Waals surface area contributed by atoms with Crippen LogP contribution in [0.4, 0.5) is 0 Å². The monoisotopic (exact) mass is 443 g/mol. The molecule has 2 aliphatic carbocycles. The second-order valence-electron chi connectivity index (χ2n) is 8.31. The van der Waals surface area contributed by atoms with Crippen molar-refractivity contribution in [3.05, 3.63) is 64.4 Å². The molecule has 1 heterocycles. The number of Topliss-reactive ketones (excluding diaryl/α,β-unsaturated/α-hetero) is 1. The molecule has 0 radical (unpaired) electrons. The predicted octanol–water partition coefficient (Wildman–Crippen LogP) is 4.27. The van der Waals surface area contributed by atoms with E-state index in [1.54, 1.807) is 17.8 Å². The molecule has 156 valence electrons. The van der Waals surface area contributed by atoms with Gasteiger partial charge < -0.3 is 19.8 Å². The maximum Gasteiger partial charge on any atom is 0.197 e. The molecule has 7 heteroatoms. The number of allylic oxidation sites excluding steroid dienone is 1. The minimum atomic E-state index is -0.576. The van der Waals surface area contributed by atoms with Gasteiger partial charge in [0.05, 0.1) is 12.4 Å². The van der Waals surface area contributed by atoms with E-state index in [0.29, 0.717) is 22.9 Å². The third kappa shape index (κ3) is 2.70. The van der Waals surface area contributed by atoms with Crippen LogP contribution in [0.5, 0.6) is 11.5 Å². The van der Waals surface area contributed by atoms with Crippen molar-refractivity contribution in [1.82, 2.24) is 4.90 Å². The summed E-state index contributed by atoms with van der Waals surface area (Å²) in [4.78, 5) is 16.1. The standard InChI is InChI=1S/C23H22ClNO4S/c1-25-11-23-10-17(27)18(29-2)9-15(23)20(25)22(30-13-5-3-12(24)4-6-13)14-7-8-16(26)21(28)19(14)23/h3-9,15,20,22,26,28H,10-11H2,1-2H3/t15?,20-,22-,23+/m1/s1. The van der Waals surface area contributed by atoms with Crippen LogP contribution in [0, 0.1) is 5.92 Å². The molecule has 2 aromatic rings. The van der Waals surface area contributed by atoms with Gasteiger partial charge in [-0.25, -0.2) is 0 Å². The lowest BCUT2D eigenvalue weighted by Crippen LogP contribution is -2.46. The van der Waals surface area contributed by atoms with Gasteiger partial charge in [0, 0.05) is 45.8 Å². The lowest BCUT2D eigenvalue weighted by Gasteiger charge is -2.46. The third-order valence-corrected chi connectivity index (χ3v) is 8.31. The first-order chi connectivity index (χ1) is 14.4. The fourth-order valence-corrected chi connectivity index (χ4v) is 7.14. The van der Waals surface area contributed by atoms with Crippen LogP contribution >= 0.6 is 23.4 Å². The topological polar surface area (TPSA) is 70.0 Å². The van der Waals surface area contributed by atoms with Gasteiger partial charge in [0.2, 0.25) is 0 Å². The first kappa shape index (κ1) is 19.8. The van der Waals surface area contributed by atoms with Crippen molar-refractivity contribution in [2.45, 2.75) is 28.0 Å². The van der Waals surface area contributed by atoms with Gasteiger partial charge in [-0.2, -0.15) is 0 Å². The minimum Gasteiger partial charge on any atom is -0.504 e. The first-order valence-electron chi connectivity index (χ1n) is 9.82. The molecule has 0 spiro atoms. The molecule has 2 aromatic carbocycles. The van der Waals surface area contributed by atoms with Crippen LogP contribution in [0.3, 0.4) is 0 Å². The maximum absolute atomic E-state index is 12.8. The van der Waals surface area contributed by atoms with Crippen LogP contribution in [0.2, 0.25) is 5.02 Å². The highest BCUT2D eigenvalue weighted by Crippen LogP contribution is 2.63. The van der Waals surface area contributed by atoms with Crippen molar-refractivity contribution >= 4 is 29.1 Å². The Morgan fingerprint density at radius 3 is 2.63 bits per heavy atom. The molecule has 1 saturated heterocycles. The average molecular weight is 444 g/mol. The summed E-state index contributed by atoms with van der Waals surface area (Å²) in [7, 11) is 3.58. The number of benzene rings is 2. The summed E-state index contributed by atoms with van der Waals surface area (Å²) in [6.07, 6.45) is 2.18. The summed E-state index contributed by atoms with van der Waals surface area (Å²) in [6, 6.07) is 11.3. The van der Waals surface area contributed by atoms with Crippen LogP contribution < -0.4 is 0 Å². The van der Waals surface area contributed by atoms with Gasteiger partial charge in [0.15, 0.2) is 23.0 Å². The summed E-state index contributed by atoms with van der Waals surface area (Å²) >= 11 is 7.77. The Bertz CT molecular complexity index is 1070. The van der Waals surface area contributed by atoms with Crippen LogP contribution in [0.15, 0.2) is 53.1 Å². The van der Waals surface area contributed by atoms with E-state index in [1.165, 1.54) is 7.11 Å². The lowest BCUT2D eigenvalue weighted by molar-refractivity contribution is -0.120. The quantitative estimate of drug-likeness (QED) is 0.690. The summed E-state index contributed by atoms with van der Waals surface area (Å²) in [6.45, 7) is 0.628. The minimum absolute atomic E-state index is 0.000795. The summed E-state index contributed by atoms with van der Waals surface area (Å²) in [5, 5.41) is 22.0. The number of hydrogen-bond donors (Lipinski definition) is 2. The number of carbonyl (C=O) groups is 1. The number of carbonyl (C=O) groups excluding carboxylic acids is 1. The number of ketones is 1. The SMILES string of the molecule is COC1=CC2[C@@H]3[C@H](Sc4ccc(Cl)cc4)c4ccc(O)c(O)c4[C@@]2(CC1=O)CN3C. The molecule has 0 amide bonds. The zero-order valence-corrected chi connectivity index (χ0v) is 18.2. The van der Waals surface area contributed by atoms with Gasteiger partial charge in [0.25, 0.3) is 0 Å². The number of phenols is 2. The highest BCUT2D eigenvalue weighted by Gasteiger charge is 2.62. The first-order valence-corrected chi connectivity index (χ1v) is 11.1. The number of nitrogens with zero attached hydrogens (tertiary/aromatic N) is 1. The Hall–Kier alpha value is -2.15. The van der Waals surface area contributed by atoms with Gasteiger partial charge in [-0.15, -0.1) is 11.8 Å². The van der Waals surface area contributed by atoms with E-state index >= 15 is 0 Å². The van der Waals surface area contributed by atoms with Crippen molar-refractivity contribution in [3.63, 3.8) is 0 Å². The van der Waals surface area contributed by atoms with Gasteiger partial charge in [-0.05, 0) is 49.0 Å². The molecule has 2 bridgehead atoms. The largest absolute Gasteiger partial charge is 0.504 e. The van der Waals surface area contributed by atoms with Gasteiger partial charge in [-0.3, -0.25) is 4.79 Å². The molecule has 1 aliphatic heterocycles. The van der Waals surface area contributed by atoms with E-state index in [-0.39, 0.29) is 40.9 Å².